The first kappa shape index (κ1) is 21.7. The van der Waals surface area contributed by atoms with Gasteiger partial charge in [0, 0.05) is 0 Å². The molecule has 0 saturated carbocycles. The Labute approximate surface area is 157 Å². The van der Waals surface area contributed by atoms with Crippen LogP contribution in [0.5, 0.6) is 5.75 Å². The second kappa shape index (κ2) is 10.6. The molecule has 1 aromatic rings. The van der Waals surface area contributed by atoms with Crippen molar-refractivity contribution in [1.29, 1.82) is 0 Å². The van der Waals surface area contributed by atoms with Crippen molar-refractivity contribution < 1.29 is 13.9 Å². The second-order valence-corrected chi connectivity index (χ2v) is 13.3. The molecule has 1 aliphatic rings. The molecule has 0 atom stereocenters. The van der Waals surface area contributed by atoms with Gasteiger partial charge in [0.05, 0.1) is 30.9 Å². The van der Waals surface area contributed by atoms with Crippen molar-refractivity contribution in [2.75, 3.05) is 26.4 Å². The SMILES string of the molecule is C1COCCO1.CC(C)[Si](Oc1ccccc1Br)(C(C)C)C(C)C. The van der Waals surface area contributed by atoms with E-state index in [1.807, 2.05) is 12.1 Å². The molecule has 3 nitrogen and oxygen atoms in total. The van der Waals surface area contributed by atoms with Crippen LogP contribution in [-0.2, 0) is 9.47 Å². The van der Waals surface area contributed by atoms with Crippen LogP contribution in [0.25, 0.3) is 0 Å². The zero-order valence-corrected chi connectivity index (χ0v) is 18.6. The molecule has 1 heterocycles. The molecule has 0 N–H and O–H groups in total. The van der Waals surface area contributed by atoms with E-state index in [1.165, 1.54) is 0 Å². The van der Waals surface area contributed by atoms with Crippen LogP contribution in [0.3, 0.4) is 0 Å². The third kappa shape index (κ3) is 5.87. The highest BCUT2D eigenvalue weighted by atomic mass is 79.9. The third-order valence-corrected chi connectivity index (χ3v) is 11.2. The van der Waals surface area contributed by atoms with Gasteiger partial charge in [0.25, 0.3) is 8.32 Å². The van der Waals surface area contributed by atoms with E-state index in [9.17, 15) is 0 Å². The summed E-state index contributed by atoms with van der Waals surface area (Å²) in [4.78, 5) is 0. The first-order valence-electron chi connectivity index (χ1n) is 8.91. The summed E-state index contributed by atoms with van der Waals surface area (Å²) in [5.74, 6) is 1.00. The maximum atomic E-state index is 6.61. The van der Waals surface area contributed by atoms with Crippen molar-refractivity contribution >= 4 is 24.2 Å². The fraction of sp³-hybridized carbons (Fsp3) is 0.684. The summed E-state index contributed by atoms with van der Waals surface area (Å²) in [6, 6.07) is 8.19. The molecule has 1 saturated heterocycles. The Morgan fingerprint density at radius 2 is 1.25 bits per heavy atom. The van der Waals surface area contributed by atoms with Gasteiger partial charge >= 0.3 is 0 Å². The summed E-state index contributed by atoms with van der Waals surface area (Å²) in [6.45, 7) is 17.0. The molecule has 0 amide bonds. The standard InChI is InChI=1S/C15H25BrOSi.C4H8O2/c1-11(2)18(12(3)4,13(5)6)17-15-10-8-7-9-14(15)16;1-2-6-4-3-5-1/h7-13H,1-6H3;1-4H2. The second-order valence-electron chi connectivity index (χ2n) is 7.07. The monoisotopic (exact) mass is 416 g/mol. The van der Waals surface area contributed by atoms with E-state index in [0.717, 1.165) is 36.6 Å². The molecule has 1 aromatic carbocycles. The first-order chi connectivity index (χ1) is 11.3. The molecule has 0 bridgehead atoms. The molecule has 5 heteroatoms. The van der Waals surface area contributed by atoms with Crippen LogP contribution in [0.4, 0.5) is 0 Å². The van der Waals surface area contributed by atoms with E-state index in [0.29, 0.717) is 16.6 Å². The number of ether oxygens (including phenoxy) is 2. The van der Waals surface area contributed by atoms with Crippen molar-refractivity contribution in [2.45, 2.75) is 58.2 Å². The normalized spacial score (nSPS) is 15.4. The van der Waals surface area contributed by atoms with E-state index in [-0.39, 0.29) is 0 Å². The predicted octanol–water partition coefficient (Wildman–Crippen LogP) is 6.04. The minimum absolute atomic E-state index is 0.601. The van der Waals surface area contributed by atoms with Gasteiger partial charge in [-0.05, 0) is 44.7 Å². The molecule has 1 aliphatic heterocycles. The third-order valence-electron chi connectivity index (χ3n) is 4.57. The summed E-state index contributed by atoms with van der Waals surface area (Å²) < 4.78 is 17.6. The van der Waals surface area contributed by atoms with Gasteiger partial charge in [-0.1, -0.05) is 53.7 Å². The lowest BCUT2D eigenvalue weighted by Gasteiger charge is -2.42. The van der Waals surface area contributed by atoms with Gasteiger partial charge < -0.3 is 13.9 Å². The van der Waals surface area contributed by atoms with Crippen LogP contribution >= 0.6 is 15.9 Å². The number of halogens is 1. The predicted molar refractivity (Wildman–Crippen MR) is 107 cm³/mol. The minimum atomic E-state index is -1.83. The Balaban J connectivity index is 0.000000400. The summed E-state index contributed by atoms with van der Waals surface area (Å²) in [5.41, 5.74) is 1.80. The molecule has 0 spiro atoms. The van der Waals surface area contributed by atoms with E-state index >= 15 is 0 Å². The summed E-state index contributed by atoms with van der Waals surface area (Å²) >= 11 is 3.59. The average molecular weight is 417 g/mol. The van der Waals surface area contributed by atoms with Crippen molar-refractivity contribution in [3.05, 3.63) is 28.7 Å². The smallest absolute Gasteiger partial charge is 0.258 e. The van der Waals surface area contributed by atoms with Crippen LogP contribution in [0.15, 0.2) is 28.7 Å². The largest absolute Gasteiger partial charge is 0.542 e. The fourth-order valence-corrected chi connectivity index (χ4v) is 9.29. The quantitative estimate of drug-likeness (QED) is 0.547. The van der Waals surface area contributed by atoms with Crippen molar-refractivity contribution in [3.63, 3.8) is 0 Å². The van der Waals surface area contributed by atoms with Gasteiger partial charge in [-0.3, -0.25) is 0 Å². The zero-order valence-electron chi connectivity index (χ0n) is 16.0. The zero-order chi connectivity index (χ0) is 18.2. The number of benzene rings is 1. The van der Waals surface area contributed by atoms with Crippen molar-refractivity contribution in [3.8, 4) is 5.75 Å². The summed E-state index contributed by atoms with van der Waals surface area (Å²) in [7, 11) is -1.83. The van der Waals surface area contributed by atoms with Gasteiger partial charge in [0.2, 0.25) is 0 Å². The molecule has 0 unspecified atom stereocenters. The summed E-state index contributed by atoms with van der Waals surface area (Å²) in [5, 5.41) is 0. The lowest BCUT2D eigenvalue weighted by atomic mass is 10.3. The Hall–Kier alpha value is -0.363. The molecular formula is C19H33BrO3Si. The van der Waals surface area contributed by atoms with Crippen LogP contribution in [-0.4, -0.2) is 34.7 Å². The van der Waals surface area contributed by atoms with Gasteiger partial charge in [-0.15, -0.1) is 0 Å². The summed E-state index contributed by atoms with van der Waals surface area (Å²) in [6.07, 6.45) is 0. The Morgan fingerprint density at radius 3 is 1.58 bits per heavy atom. The van der Waals surface area contributed by atoms with Crippen LogP contribution in [0.1, 0.15) is 41.5 Å². The van der Waals surface area contributed by atoms with Gasteiger partial charge in [0.15, 0.2) is 0 Å². The molecule has 2 rings (SSSR count). The Kier molecular flexibility index (Phi) is 9.56. The van der Waals surface area contributed by atoms with Crippen LogP contribution < -0.4 is 4.43 Å². The lowest BCUT2D eigenvalue weighted by Crippen LogP contribution is -2.50. The van der Waals surface area contributed by atoms with Crippen LogP contribution in [0, 0.1) is 0 Å². The average Bonchev–Trinajstić information content (AvgIpc) is 2.55. The molecule has 0 radical (unpaired) electrons. The molecule has 138 valence electrons. The maximum absolute atomic E-state index is 6.61. The highest BCUT2D eigenvalue weighted by Crippen LogP contribution is 2.43. The molecule has 24 heavy (non-hydrogen) atoms. The van der Waals surface area contributed by atoms with Crippen LogP contribution in [0.2, 0.25) is 16.6 Å². The number of rotatable bonds is 5. The minimum Gasteiger partial charge on any atom is -0.542 e. The molecule has 1 fully saturated rings. The molecule has 0 aliphatic carbocycles. The topological polar surface area (TPSA) is 27.7 Å². The number of para-hydroxylation sites is 1. The van der Waals surface area contributed by atoms with E-state index in [1.54, 1.807) is 0 Å². The van der Waals surface area contributed by atoms with E-state index < -0.39 is 8.32 Å². The van der Waals surface area contributed by atoms with Gasteiger partial charge in [-0.2, -0.15) is 0 Å². The van der Waals surface area contributed by atoms with Crippen molar-refractivity contribution in [1.82, 2.24) is 0 Å². The molecule has 0 aromatic heterocycles. The Bertz CT molecular complexity index is 440. The number of hydrogen-bond donors (Lipinski definition) is 0. The first-order valence-corrected chi connectivity index (χ1v) is 11.8. The highest BCUT2D eigenvalue weighted by Gasteiger charge is 2.47. The highest BCUT2D eigenvalue weighted by molar-refractivity contribution is 9.10. The van der Waals surface area contributed by atoms with Gasteiger partial charge in [0.1, 0.15) is 5.75 Å². The van der Waals surface area contributed by atoms with E-state index in [2.05, 4.69) is 69.6 Å². The molecular weight excluding hydrogens is 384 g/mol. The Morgan fingerprint density at radius 1 is 0.833 bits per heavy atom. The van der Waals surface area contributed by atoms with Gasteiger partial charge in [-0.25, -0.2) is 0 Å². The number of hydrogen-bond acceptors (Lipinski definition) is 3. The van der Waals surface area contributed by atoms with E-state index in [4.69, 9.17) is 13.9 Å². The maximum Gasteiger partial charge on any atom is 0.258 e. The van der Waals surface area contributed by atoms with Crippen molar-refractivity contribution in [2.24, 2.45) is 0 Å². The lowest BCUT2D eigenvalue weighted by molar-refractivity contribution is -0.0334. The fourth-order valence-electron chi connectivity index (χ4n) is 3.51.